The Morgan fingerprint density at radius 1 is 1.07 bits per heavy atom. The number of hydrogen-bond donors (Lipinski definition) is 1. The zero-order chi connectivity index (χ0) is 21.7. The number of nitrogens with one attached hydrogen (secondary N) is 1. The van der Waals surface area contributed by atoms with Crippen LogP contribution < -0.4 is 9.62 Å². The van der Waals surface area contributed by atoms with Crippen LogP contribution in [0, 0.1) is 9.39 Å². The van der Waals surface area contributed by atoms with E-state index in [-0.39, 0.29) is 10.6 Å². The number of amides is 1. The molecule has 3 aromatic rings. The van der Waals surface area contributed by atoms with Crippen molar-refractivity contribution in [2.24, 2.45) is 0 Å². The lowest BCUT2D eigenvalue weighted by molar-refractivity contribution is -0.114. The van der Waals surface area contributed by atoms with E-state index in [0.29, 0.717) is 5.69 Å². The topological polar surface area (TPSA) is 66.5 Å². The average Bonchev–Trinajstić information content (AvgIpc) is 2.73. The second-order valence-corrected chi connectivity index (χ2v) is 10.2. The van der Waals surface area contributed by atoms with Crippen LogP contribution in [-0.2, 0) is 14.8 Å². The molecule has 5 nitrogen and oxygen atoms in total. The fraction of sp³-hybridized carbons (Fsp3) is 0.0952. The Morgan fingerprint density at radius 2 is 1.73 bits per heavy atom. The van der Waals surface area contributed by atoms with E-state index < -0.39 is 28.3 Å². The molecule has 0 aromatic heterocycles. The average molecular weight is 556 g/mol. The molecule has 0 spiro atoms. The summed E-state index contributed by atoms with van der Waals surface area (Å²) in [5.41, 5.74) is 0.614. The van der Waals surface area contributed by atoms with Gasteiger partial charge in [0.15, 0.2) is 0 Å². The van der Waals surface area contributed by atoms with Gasteiger partial charge in [0.05, 0.1) is 10.6 Å². The zero-order valence-corrected chi connectivity index (χ0v) is 19.7. The first kappa shape index (κ1) is 22.6. The van der Waals surface area contributed by atoms with Crippen molar-refractivity contribution < 1.29 is 17.6 Å². The molecule has 0 saturated carbocycles. The number of thioether (sulfide) groups is 1. The molecule has 1 N–H and O–H groups in total. The Kier molecular flexibility index (Phi) is 7.37. The van der Waals surface area contributed by atoms with Gasteiger partial charge in [-0.3, -0.25) is 9.10 Å². The lowest BCUT2D eigenvalue weighted by Gasteiger charge is -2.24. The van der Waals surface area contributed by atoms with Crippen LogP contribution in [0.2, 0.25) is 0 Å². The molecule has 0 radical (unpaired) electrons. The van der Waals surface area contributed by atoms with Crippen molar-refractivity contribution in [2.45, 2.75) is 9.79 Å². The Hall–Kier alpha value is -2.11. The van der Waals surface area contributed by atoms with Crippen LogP contribution in [0.4, 0.5) is 15.8 Å². The van der Waals surface area contributed by atoms with Gasteiger partial charge in [0, 0.05) is 14.2 Å². The fourth-order valence-electron chi connectivity index (χ4n) is 2.69. The highest BCUT2D eigenvalue weighted by molar-refractivity contribution is 14.1. The molecule has 0 fully saturated rings. The van der Waals surface area contributed by atoms with Gasteiger partial charge in [-0.05, 0) is 95.6 Å². The van der Waals surface area contributed by atoms with Gasteiger partial charge in [0.1, 0.15) is 12.4 Å². The van der Waals surface area contributed by atoms with Gasteiger partial charge in [-0.2, -0.15) is 0 Å². The van der Waals surface area contributed by atoms with Crippen LogP contribution in [0.1, 0.15) is 0 Å². The third kappa shape index (κ3) is 5.52. The van der Waals surface area contributed by atoms with Crippen molar-refractivity contribution in [3.63, 3.8) is 0 Å². The number of halogens is 2. The molecule has 30 heavy (non-hydrogen) atoms. The largest absolute Gasteiger partial charge is 0.325 e. The van der Waals surface area contributed by atoms with Gasteiger partial charge in [0.25, 0.3) is 10.0 Å². The maximum Gasteiger partial charge on any atom is 0.264 e. The van der Waals surface area contributed by atoms with E-state index in [4.69, 9.17) is 0 Å². The molecule has 0 bridgehead atoms. The molecule has 0 atom stereocenters. The summed E-state index contributed by atoms with van der Waals surface area (Å²) in [7, 11) is -4.09. The van der Waals surface area contributed by atoms with Crippen LogP contribution in [-0.4, -0.2) is 27.1 Å². The van der Waals surface area contributed by atoms with Crippen molar-refractivity contribution in [1.29, 1.82) is 0 Å². The van der Waals surface area contributed by atoms with Crippen LogP contribution in [0.25, 0.3) is 0 Å². The number of carbonyl (C=O) groups excluding carboxylic acids is 1. The van der Waals surface area contributed by atoms with Crippen LogP contribution in [0.15, 0.2) is 82.6 Å². The summed E-state index contributed by atoms with van der Waals surface area (Å²) in [5, 5.41) is 2.68. The lowest BCUT2D eigenvalue weighted by Crippen LogP contribution is -2.38. The summed E-state index contributed by atoms with van der Waals surface area (Å²) in [6.45, 7) is -0.498. The predicted molar refractivity (Wildman–Crippen MR) is 127 cm³/mol. The van der Waals surface area contributed by atoms with E-state index >= 15 is 0 Å². The number of anilines is 2. The second-order valence-electron chi connectivity index (χ2n) is 6.22. The highest BCUT2D eigenvalue weighted by Gasteiger charge is 2.27. The molecular formula is C21H18FIN2O3S2. The minimum Gasteiger partial charge on any atom is -0.325 e. The van der Waals surface area contributed by atoms with Gasteiger partial charge in [0.2, 0.25) is 5.91 Å². The van der Waals surface area contributed by atoms with Crippen molar-refractivity contribution in [1.82, 2.24) is 0 Å². The maximum atomic E-state index is 13.8. The predicted octanol–water partition coefficient (Wildman–Crippen LogP) is 4.99. The Balaban J connectivity index is 1.93. The van der Waals surface area contributed by atoms with Crippen molar-refractivity contribution >= 4 is 61.7 Å². The zero-order valence-electron chi connectivity index (χ0n) is 15.9. The van der Waals surface area contributed by atoms with Crippen LogP contribution >= 0.6 is 34.4 Å². The molecule has 9 heteroatoms. The molecule has 1 amide bonds. The SMILES string of the molecule is CSc1ccc(S(=O)(=O)N(CC(=O)Nc2ccc(I)cc2)c2cccc(F)c2)cc1. The summed E-state index contributed by atoms with van der Waals surface area (Å²) in [4.78, 5) is 13.6. The summed E-state index contributed by atoms with van der Waals surface area (Å²) in [5.74, 6) is -1.13. The highest BCUT2D eigenvalue weighted by atomic mass is 127. The molecule has 0 aliphatic rings. The molecule has 3 aromatic carbocycles. The highest BCUT2D eigenvalue weighted by Crippen LogP contribution is 2.26. The fourth-order valence-corrected chi connectivity index (χ4v) is 4.87. The molecule has 156 valence electrons. The molecule has 0 saturated heterocycles. The van der Waals surface area contributed by atoms with Gasteiger partial charge in [-0.1, -0.05) is 6.07 Å². The molecule has 0 aliphatic carbocycles. The lowest BCUT2D eigenvalue weighted by atomic mass is 10.3. The van der Waals surface area contributed by atoms with Crippen LogP contribution in [0.5, 0.6) is 0 Å². The first-order valence-electron chi connectivity index (χ1n) is 8.77. The van der Waals surface area contributed by atoms with Crippen molar-refractivity contribution in [3.05, 3.63) is 82.2 Å². The van der Waals surface area contributed by atoms with Crippen molar-refractivity contribution in [2.75, 3.05) is 22.4 Å². The Labute approximate surface area is 192 Å². The normalized spacial score (nSPS) is 11.2. The third-order valence-electron chi connectivity index (χ3n) is 4.16. The Morgan fingerprint density at radius 3 is 2.33 bits per heavy atom. The molecule has 0 heterocycles. The smallest absolute Gasteiger partial charge is 0.264 e. The number of hydrogen-bond acceptors (Lipinski definition) is 4. The van der Waals surface area contributed by atoms with Gasteiger partial charge in [-0.15, -0.1) is 11.8 Å². The molecule has 0 unspecified atom stereocenters. The number of rotatable bonds is 7. The molecular weight excluding hydrogens is 538 g/mol. The quantitative estimate of drug-likeness (QED) is 0.329. The molecule has 3 rings (SSSR count). The number of benzene rings is 3. The second kappa shape index (κ2) is 9.80. The van der Waals surface area contributed by atoms with E-state index in [2.05, 4.69) is 27.9 Å². The van der Waals surface area contributed by atoms with E-state index in [0.717, 1.165) is 18.8 Å². The summed E-state index contributed by atoms with van der Waals surface area (Å²) < 4.78 is 42.3. The monoisotopic (exact) mass is 556 g/mol. The van der Waals surface area contributed by atoms with Gasteiger partial charge >= 0.3 is 0 Å². The van der Waals surface area contributed by atoms with Crippen molar-refractivity contribution in [3.8, 4) is 0 Å². The third-order valence-corrected chi connectivity index (χ3v) is 7.41. The number of nitrogens with zero attached hydrogens (tertiary/aromatic N) is 1. The minimum absolute atomic E-state index is 0.0200. The van der Waals surface area contributed by atoms with E-state index in [1.54, 1.807) is 24.3 Å². The number of carbonyl (C=O) groups is 1. The van der Waals surface area contributed by atoms with E-state index in [1.807, 2.05) is 18.4 Å². The van der Waals surface area contributed by atoms with Crippen LogP contribution in [0.3, 0.4) is 0 Å². The minimum atomic E-state index is -4.09. The summed E-state index contributed by atoms with van der Waals surface area (Å²) >= 11 is 3.63. The van der Waals surface area contributed by atoms with Gasteiger partial charge in [-0.25, -0.2) is 12.8 Å². The summed E-state index contributed by atoms with van der Waals surface area (Å²) in [6, 6.07) is 18.6. The standard InChI is InChI=1S/C21H18FIN2O3S2/c1-29-19-9-11-20(12-10-19)30(27,28)25(18-4-2-3-15(22)13-18)14-21(26)24-17-7-5-16(23)6-8-17/h2-13H,14H2,1H3,(H,24,26). The van der Waals surface area contributed by atoms with E-state index in [9.17, 15) is 17.6 Å². The van der Waals surface area contributed by atoms with Gasteiger partial charge < -0.3 is 5.32 Å². The first-order valence-corrected chi connectivity index (χ1v) is 12.5. The molecule has 0 aliphatic heterocycles. The Bertz CT molecular complexity index is 1140. The van der Waals surface area contributed by atoms with E-state index in [1.165, 1.54) is 42.1 Å². The maximum absolute atomic E-state index is 13.8. The number of sulfonamides is 1. The first-order chi connectivity index (χ1) is 14.3. The summed E-state index contributed by atoms with van der Waals surface area (Å²) in [6.07, 6.45) is 1.89.